The van der Waals surface area contributed by atoms with Crippen LogP contribution in [-0.2, 0) is 16.0 Å². The normalized spacial score (nSPS) is 15.8. The molecule has 3 heterocycles. The van der Waals surface area contributed by atoms with E-state index in [0.717, 1.165) is 5.69 Å². The second-order valence-corrected chi connectivity index (χ2v) is 5.43. The predicted octanol–water partition coefficient (Wildman–Crippen LogP) is -0.139. The number of carbonyl (C=O) groups excluding carboxylic acids is 1. The monoisotopic (exact) mass is 294 g/mol. The molecule has 0 saturated carbocycles. The molecule has 0 spiro atoms. The lowest BCUT2D eigenvalue weighted by atomic mass is 10.3. The first kappa shape index (κ1) is 13.2. The number of hydrogen-bond donors (Lipinski definition) is 0. The van der Waals surface area contributed by atoms with Crippen molar-refractivity contribution in [3.63, 3.8) is 0 Å². The first-order valence-electron chi connectivity index (χ1n) is 6.35. The highest BCUT2D eigenvalue weighted by Crippen LogP contribution is 2.13. The van der Waals surface area contributed by atoms with Crippen molar-refractivity contribution in [2.24, 2.45) is 0 Å². The number of morpholine rings is 1. The molecule has 1 saturated heterocycles. The molecule has 1 fully saturated rings. The van der Waals surface area contributed by atoms with E-state index >= 15 is 0 Å². The Morgan fingerprint density at radius 3 is 2.95 bits per heavy atom. The molecule has 0 N–H and O–H groups in total. The van der Waals surface area contributed by atoms with Gasteiger partial charge in [-0.25, -0.2) is 4.52 Å². The van der Waals surface area contributed by atoms with E-state index in [1.807, 2.05) is 5.38 Å². The molecule has 1 aliphatic heterocycles. The lowest BCUT2D eigenvalue weighted by Gasteiger charge is -2.26. The standard InChI is InChI=1S/C12H14N4O3S/c1-8-11(18)13-12-16(14-8)9(7-20-12)6-10(17)15-2-4-19-5-3-15/h7H,2-6H2,1H3. The molecule has 0 bridgehead atoms. The zero-order chi connectivity index (χ0) is 14.1. The van der Waals surface area contributed by atoms with Crippen LogP contribution in [0.1, 0.15) is 11.4 Å². The van der Waals surface area contributed by atoms with Crippen molar-refractivity contribution in [2.75, 3.05) is 26.3 Å². The van der Waals surface area contributed by atoms with Gasteiger partial charge in [0.25, 0.3) is 5.56 Å². The van der Waals surface area contributed by atoms with Crippen LogP contribution in [0.4, 0.5) is 0 Å². The van der Waals surface area contributed by atoms with Gasteiger partial charge >= 0.3 is 0 Å². The number of hydrogen-bond acceptors (Lipinski definition) is 6. The van der Waals surface area contributed by atoms with Crippen molar-refractivity contribution in [1.82, 2.24) is 19.5 Å². The Balaban J connectivity index is 1.85. The van der Waals surface area contributed by atoms with E-state index in [4.69, 9.17) is 4.74 Å². The quantitative estimate of drug-likeness (QED) is 0.770. The Morgan fingerprint density at radius 2 is 2.20 bits per heavy atom. The first-order chi connectivity index (χ1) is 9.65. The summed E-state index contributed by atoms with van der Waals surface area (Å²) in [6.07, 6.45) is 0.261. The third-order valence-electron chi connectivity index (χ3n) is 3.21. The number of fused-ring (bicyclic) bond motifs is 1. The minimum atomic E-state index is -0.321. The molecule has 8 heteroatoms. The van der Waals surface area contributed by atoms with Gasteiger partial charge in [-0.3, -0.25) is 9.59 Å². The summed E-state index contributed by atoms with van der Waals surface area (Å²) in [4.78, 5) is 29.9. The molecule has 0 aromatic carbocycles. The van der Waals surface area contributed by atoms with Gasteiger partial charge in [0, 0.05) is 18.5 Å². The number of rotatable bonds is 2. The van der Waals surface area contributed by atoms with Gasteiger partial charge in [-0.1, -0.05) is 0 Å². The van der Waals surface area contributed by atoms with Gasteiger partial charge in [-0.15, -0.1) is 11.3 Å². The zero-order valence-corrected chi connectivity index (χ0v) is 11.9. The molecule has 0 unspecified atom stereocenters. The lowest BCUT2D eigenvalue weighted by molar-refractivity contribution is -0.134. The van der Waals surface area contributed by atoms with Crippen LogP contribution in [0, 0.1) is 6.92 Å². The molecule has 0 aliphatic carbocycles. The lowest BCUT2D eigenvalue weighted by Crippen LogP contribution is -2.41. The van der Waals surface area contributed by atoms with Crippen LogP contribution in [0.2, 0.25) is 0 Å². The Labute approximate surface area is 118 Å². The number of amides is 1. The summed E-state index contributed by atoms with van der Waals surface area (Å²) in [6, 6.07) is 0. The van der Waals surface area contributed by atoms with Gasteiger partial charge in [-0.05, 0) is 6.92 Å². The summed E-state index contributed by atoms with van der Waals surface area (Å²) in [7, 11) is 0. The van der Waals surface area contributed by atoms with Crippen LogP contribution in [0.25, 0.3) is 4.96 Å². The maximum absolute atomic E-state index is 12.2. The molecule has 106 valence electrons. The fraction of sp³-hybridized carbons (Fsp3) is 0.500. The maximum atomic E-state index is 12.2. The highest BCUT2D eigenvalue weighted by Gasteiger charge is 2.19. The molecule has 1 amide bonds. The van der Waals surface area contributed by atoms with Crippen molar-refractivity contribution in [2.45, 2.75) is 13.3 Å². The Morgan fingerprint density at radius 1 is 1.45 bits per heavy atom. The fourth-order valence-corrected chi connectivity index (χ4v) is 2.90. The zero-order valence-electron chi connectivity index (χ0n) is 11.0. The van der Waals surface area contributed by atoms with Crippen LogP contribution in [-0.4, -0.2) is 51.7 Å². The third-order valence-corrected chi connectivity index (χ3v) is 4.07. The molecule has 0 radical (unpaired) electrons. The Bertz CT molecular complexity index is 702. The second kappa shape index (κ2) is 5.29. The summed E-state index contributed by atoms with van der Waals surface area (Å²) in [5.41, 5.74) is 0.774. The smallest absolute Gasteiger partial charge is 0.295 e. The van der Waals surface area contributed by atoms with E-state index in [2.05, 4.69) is 10.1 Å². The van der Waals surface area contributed by atoms with Crippen LogP contribution in [0.5, 0.6) is 0 Å². The molecule has 1 aliphatic rings. The molecule has 7 nitrogen and oxygen atoms in total. The summed E-state index contributed by atoms with van der Waals surface area (Å²) < 4.78 is 6.81. The molecular weight excluding hydrogens is 280 g/mol. The van der Waals surface area contributed by atoms with Crippen LogP contribution >= 0.6 is 11.3 Å². The number of aromatic nitrogens is 3. The number of carbonyl (C=O) groups is 1. The minimum Gasteiger partial charge on any atom is -0.378 e. The maximum Gasteiger partial charge on any atom is 0.295 e. The highest BCUT2D eigenvalue weighted by atomic mass is 32.1. The van der Waals surface area contributed by atoms with E-state index in [-0.39, 0.29) is 17.9 Å². The van der Waals surface area contributed by atoms with Crippen molar-refractivity contribution in [3.05, 3.63) is 27.1 Å². The van der Waals surface area contributed by atoms with Gasteiger partial charge in [0.05, 0.1) is 25.3 Å². The van der Waals surface area contributed by atoms with Crippen LogP contribution in [0.15, 0.2) is 10.2 Å². The highest BCUT2D eigenvalue weighted by molar-refractivity contribution is 7.15. The summed E-state index contributed by atoms with van der Waals surface area (Å²) >= 11 is 1.32. The van der Waals surface area contributed by atoms with Crippen LogP contribution < -0.4 is 5.56 Å². The molecular formula is C12H14N4O3S. The van der Waals surface area contributed by atoms with Crippen molar-refractivity contribution in [1.29, 1.82) is 0 Å². The minimum absolute atomic E-state index is 0.0474. The third kappa shape index (κ3) is 2.44. The van der Waals surface area contributed by atoms with Gasteiger partial charge < -0.3 is 9.64 Å². The topological polar surface area (TPSA) is 76.8 Å². The van der Waals surface area contributed by atoms with Crippen molar-refractivity contribution < 1.29 is 9.53 Å². The van der Waals surface area contributed by atoms with E-state index in [0.29, 0.717) is 37.0 Å². The van der Waals surface area contributed by atoms with E-state index in [1.165, 1.54) is 11.3 Å². The number of aryl methyl sites for hydroxylation is 1. The Kier molecular flexibility index (Phi) is 3.49. The summed E-state index contributed by atoms with van der Waals surface area (Å²) in [6.45, 7) is 4.04. The van der Waals surface area contributed by atoms with E-state index in [9.17, 15) is 9.59 Å². The van der Waals surface area contributed by atoms with E-state index in [1.54, 1.807) is 16.3 Å². The fourth-order valence-electron chi connectivity index (χ4n) is 2.08. The first-order valence-corrected chi connectivity index (χ1v) is 7.22. The molecule has 0 atom stereocenters. The van der Waals surface area contributed by atoms with Crippen LogP contribution in [0.3, 0.4) is 0 Å². The molecule has 3 rings (SSSR count). The van der Waals surface area contributed by atoms with Gasteiger partial charge in [0.15, 0.2) is 0 Å². The number of thiazole rings is 1. The van der Waals surface area contributed by atoms with E-state index < -0.39 is 0 Å². The van der Waals surface area contributed by atoms with Gasteiger partial charge in [-0.2, -0.15) is 10.1 Å². The largest absolute Gasteiger partial charge is 0.378 e. The number of nitrogens with zero attached hydrogens (tertiary/aromatic N) is 4. The predicted molar refractivity (Wildman–Crippen MR) is 73.0 cm³/mol. The molecule has 2 aromatic rings. The average Bonchev–Trinajstić information content (AvgIpc) is 2.83. The Hall–Kier alpha value is -1.80. The van der Waals surface area contributed by atoms with Gasteiger partial charge in [0.2, 0.25) is 10.9 Å². The average molecular weight is 294 g/mol. The van der Waals surface area contributed by atoms with Gasteiger partial charge in [0.1, 0.15) is 5.69 Å². The number of ether oxygens (including phenoxy) is 1. The molecule has 20 heavy (non-hydrogen) atoms. The SMILES string of the molecule is Cc1nn2c(CC(=O)N3CCOCC3)csc2nc1=O. The van der Waals surface area contributed by atoms with Crippen molar-refractivity contribution >= 4 is 22.2 Å². The summed E-state index contributed by atoms with van der Waals surface area (Å²) in [5, 5.41) is 6.02. The second-order valence-electron chi connectivity index (χ2n) is 4.59. The molecule has 2 aromatic heterocycles. The summed E-state index contributed by atoms with van der Waals surface area (Å²) in [5.74, 6) is 0.0474. The van der Waals surface area contributed by atoms with Crippen molar-refractivity contribution in [3.8, 4) is 0 Å².